The minimum atomic E-state index is 0.497. The topological polar surface area (TPSA) is 56.8 Å². The molecule has 2 aliphatic rings. The van der Waals surface area contributed by atoms with Gasteiger partial charge in [0.2, 0.25) is 5.95 Å². The Morgan fingerprint density at radius 1 is 1.22 bits per heavy atom. The molecule has 5 heteroatoms. The number of aromatic nitrogens is 3. The van der Waals surface area contributed by atoms with Crippen molar-refractivity contribution in [3.8, 4) is 0 Å². The van der Waals surface area contributed by atoms with E-state index >= 15 is 0 Å². The van der Waals surface area contributed by atoms with Gasteiger partial charge in [-0.15, -0.1) is 5.10 Å². The van der Waals surface area contributed by atoms with Crippen LogP contribution in [0.25, 0.3) is 0 Å². The molecule has 5 nitrogen and oxygen atoms in total. The third kappa shape index (κ3) is 2.36. The molecular formula is C13H23N5. The highest BCUT2D eigenvalue weighted by Gasteiger charge is 2.32. The van der Waals surface area contributed by atoms with Crippen LogP contribution in [-0.2, 0) is 0 Å². The summed E-state index contributed by atoms with van der Waals surface area (Å²) < 4.78 is 0. The van der Waals surface area contributed by atoms with Crippen LogP contribution in [0.3, 0.4) is 0 Å². The van der Waals surface area contributed by atoms with Gasteiger partial charge in [-0.1, -0.05) is 6.92 Å². The van der Waals surface area contributed by atoms with Gasteiger partial charge < -0.3 is 10.2 Å². The van der Waals surface area contributed by atoms with Crippen molar-refractivity contribution in [2.24, 2.45) is 5.92 Å². The second kappa shape index (κ2) is 4.53. The van der Waals surface area contributed by atoms with Gasteiger partial charge in [-0.25, -0.2) is 0 Å². The van der Waals surface area contributed by atoms with E-state index in [-0.39, 0.29) is 0 Å². The lowest BCUT2D eigenvalue weighted by Gasteiger charge is -2.35. The number of piperazine rings is 1. The molecule has 100 valence electrons. The van der Waals surface area contributed by atoms with Gasteiger partial charge in [-0.05, 0) is 32.6 Å². The van der Waals surface area contributed by atoms with E-state index in [1.807, 2.05) is 0 Å². The van der Waals surface area contributed by atoms with Crippen LogP contribution in [0.4, 0.5) is 5.95 Å². The highest BCUT2D eigenvalue weighted by atomic mass is 15.4. The van der Waals surface area contributed by atoms with Crippen LogP contribution in [0.2, 0.25) is 0 Å². The monoisotopic (exact) mass is 249 g/mol. The summed E-state index contributed by atoms with van der Waals surface area (Å²) >= 11 is 0. The van der Waals surface area contributed by atoms with Crippen molar-refractivity contribution < 1.29 is 0 Å². The predicted molar refractivity (Wildman–Crippen MR) is 71.8 cm³/mol. The normalized spacial score (nSPS) is 30.5. The Morgan fingerprint density at radius 2 is 1.89 bits per heavy atom. The largest absolute Gasteiger partial charge is 0.336 e. The van der Waals surface area contributed by atoms with Gasteiger partial charge in [-0.3, -0.25) is 5.10 Å². The highest BCUT2D eigenvalue weighted by Crippen LogP contribution is 2.41. The van der Waals surface area contributed by atoms with Crippen molar-refractivity contribution in [3.63, 3.8) is 0 Å². The molecular weight excluding hydrogens is 226 g/mol. The molecule has 2 N–H and O–H groups in total. The summed E-state index contributed by atoms with van der Waals surface area (Å²) in [6.07, 6.45) is 2.69. The zero-order chi connectivity index (χ0) is 12.7. The maximum absolute atomic E-state index is 4.70. The van der Waals surface area contributed by atoms with Crippen LogP contribution in [0, 0.1) is 5.92 Å². The van der Waals surface area contributed by atoms with Gasteiger partial charge in [0.15, 0.2) is 0 Å². The van der Waals surface area contributed by atoms with Gasteiger partial charge in [-0.2, -0.15) is 4.98 Å². The van der Waals surface area contributed by atoms with Gasteiger partial charge in [0, 0.05) is 31.1 Å². The Labute approximate surface area is 108 Å². The quantitative estimate of drug-likeness (QED) is 0.852. The molecule has 1 aliphatic carbocycles. The van der Waals surface area contributed by atoms with Crippen molar-refractivity contribution in [1.82, 2.24) is 20.5 Å². The first-order valence-corrected chi connectivity index (χ1v) is 7.06. The number of aromatic amines is 1. The number of hydrogen-bond donors (Lipinski definition) is 2. The molecule has 3 rings (SSSR count). The standard InChI is InChI=1S/C13H23N5/c1-8-6-18(7-9(2)14-8)13-15-12(16-17-13)10(3)11-4-5-11/h8-11,14H,4-7H2,1-3H3,(H,15,16,17). The lowest BCUT2D eigenvalue weighted by Crippen LogP contribution is -2.54. The Hall–Kier alpha value is -1.10. The van der Waals surface area contributed by atoms with Crippen molar-refractivity contribution >= 4 is 5.95 Å². The fraction of sp³-hybridized carbons (Fsp3) is 0.846. The van der Waals surface area contributed by atoms with Crippen molar-refractivity contribution in [2.75, 3.05) is 18.0 Å². The van der Waals surface area contributed by atoms with E-state index in [1.165, 1.54) is 12.8 Å². The van der Waals surface area contributed by atoms with Crippen LogP contribution in [-0.4, -0.2) is 40.4 Å². The lowest BCUT2D eigenvalue weighted by atomic mass is 10.1. The van der Waals surface area contributed by atoms with E-state index in [2.05, 4.69) is 41.2 Å². The molecule has 1 saturated heterocycles. The van der Waals surface area contributed by atoms with E-state index in [1.54, 1.807) is 0 Å². The van der Waals surface area contributed by atoms with Crippen LogP contribution in [0.1, 0.15) is 45.4 Å². The summed E-state index contributed by atoms with van der Waals surface area (Å²) in [7, 11) is 0. The molecule has 2 fully saturated rings. The molecule has 1 aromatic rings. The second-order valence-electron chi connectivity index (χ2n) is 6.02. The Kier molecular flexibility index (Phi) is 3.01. The van der Waals surface area contributed by atoms with E-state index in [9.17, 15) is 0 Å². The van der Waals surface area contributed by atoms with Crippen LogP contribution in [0.5, 0.6) is 0 Å². The summed E-state index contributed by atoms with van der Waals surface area (Å²) in [5.74, 6) is 3.29. The smallest absolute Gasteiger partial charge is 0.244 e. The molecule has 0 radical (unpaired) electrons. The number of rotatable bonds is 3. The first-order chi connectivity index (χ1) is 8.63. The van der Waals surface area contributed by atoms with Crippen molar-refractivity contribution in [3.05, 3.63) is 5.82 Å². The average molecular weight is 249 g/mol. The highest BCUT2D eigenvalue weighted by molar-refractivity contribution is 5.31. The Morgan fingerprint density at radius 3 is 2.50 bits per heavy atom. The number of H-pyrrole nitrogens is 1. The molecule has 0 aromatic carbocycles. The van der Waals surface area contributed by atoms with E-state index in [0.717, 1.165) is 30.8 Å². The second-order valence-corrected chi connectivity index (χ2v) is 6.02. The van der Waals surface area contributed by atoms with Crippen molar-refractivity contribution in [2.45, 2.75) is 51.6 Å². The van der Waals surface area contributed by atoms with Gasteiger partial charge >= 0.3 is 0 Å². The molecule has 0 amide bonds. The Bertz CT molecular complexity index is 401. The summed E-state index contributed by atoms with van der Waals surface area (Å²) in [6.45, 7) is 8.65. The van der Waals surface area contributed by atoms with E-state index in [4.69, 9.17) is 4.98 Å². The number of nitrogens with zero attached hydrogens (tertiary/aromatic N) is 3. The fourth-order valence-corrected chi connectivity index (χ4v) is 2.92. The summed E-state index contributed by atoms with van der Waals surface area (Å²) in [5.41, 5.74) is 0. The van der Waals surface area contributed by atoms with Crippen LogP contribution >= 0.6 is 0 Å². The first-order valence-electron chi connectivity index (χ1n) is 7.06. The number of hydrogen-bond acceptors (Lipinski definition) is 4. The van der Waals surface area contributed by atoms with E-state index < -0.39 is 0 Å². The minimum Gasteiger partial charge on any atom is -0.336 e. The molecule has 0 bridgehead atoms. The zero-order valence-corrected chi connectivity index (χ0v) is 11.5. The Balaban J connectivity index is 1.71. The van der Waals surface area contributed by atoms with Crippen LogP contribution < -0.4 is 10.2 Å². The lowest BCUT2D eigenvalue weighted by molar-refractivity contribution is 0.403. The summed E-state index contributed by atoms with van der Waals surface area (Å²) in [4.78, 5) is 6.98. The minimum absolute atomic E-state index is 0.497. The summed E-state index contributed by atoms with van der Waals surface area (Å²) in [5, 5.41) is 11.1. The molecule has 3 unspecified atom stereocenters. The van der Waals surface area contributed by atoms with Crippen molar-refractivity contribution in [1.29, 1.82) is 0 Å². The molecule has 1 aromatic heterocycles. The molecule has 18 heavy (non-hydrogen) atoms. The molecule has 1 aliphatic heterocycles. The average Bonchev–Trinajstić information content (AvgIpc) is 3.04. The maximum atomic E-state index is 4.70. The third-order valence-corrected chi connectivity index (χ3v) is 4.09. The zero-order valence-electron chi connectivity index (χ0n) is 11.5. The SMILES string of the molecule is CC1CN(c2n[nH]c(C(C)C3CC3)n2)CC(C)N1. The fourth-order valence-electron chi connectivity index (χ4n) is 2.92. The third-order valence-electron chi connectivity index (χ3n) is 4.09. The molecule has 3 atom stereocenters. The maximum Gasteiger partial charge on any atom is 0.244 e. The van der Waals surface area contributed by atoms with E-state index in [0.29, 0.717) is 18.0 Å². The van der Waals surface area contributed by atoms with Gasteiger partial charge in [0.25, 0.3) is 0 Å². The predicted octanol–water partition coefficient (Wildman–Crippen LogP) is 1.50. The molecule has 2 heterocycles. The van der Waals surface area contributed by atoms with Crippen LogP contribution in [0.15, 0.2) is 0 Å². The molecule has 0 spiro atoms. The number of nitrogens with one attached hydrogen (secondary N) is 2. The first kappa shape index (κ1) is 12.0. The molecule has 1 saturated carbocycles. The van der Waals surface area contributed by atoms with Gasteiger partial charge in [0.1, 0.15) is 5.82 Å². The number of anilines is 1. The summed E-state index contributed by atoms with van der Waals surface area (Å²) in [6, 6.07) is 0.994. The van der Waals surface area contributed by atoms with Gasteiger partial charge in [0.05, 0.1) is 0 Å².